The van der Waals surface area contributed by atoms with Crippen molar-refractivity contribution < 1.29 is 14.3 Å². The fourth-order valence-corrected chi connectivity index (χ4v) is 2.38. The molecule has 7 heteroatoms. The minimum Gasteiger partial charge on any atom is -0.387 e. The van der Waals surface area contributed by atoms with Crippen molar-refractivity contribution in [1.29, 1.82) is 0 Å². The lowest BCUT2D eigenvalue weighted by molar-refractivity contribution is 0.0912. The fraction of sp³-hybridized carbons (Fsp3) is 0.125. The number of halogens is 2. The van der Waals surface area contributed by atoms with Crippen LogP contribution in [0.2, 0.25) is 5.15 Å². The third-order valence-corrected chi connectivity index (χ3v) is 3.63. The Morgan fingerprint density at radius 2 is 2.09 bits per heavy atom. The van der Waals surface area contributed by atoms with Gasteiger partial charge in [-0.25, -0.2) is 9.37 Å². The van der Waals surface area contributed by atoms with Crippen LogP contribution in [0.5, 0.6) is 0 Å². The molecule has 0 spiro atoms. The number of nitrogens with zero attached hydrogens (tertiary/aromatic N) is 1. The zero-order chi connectivity index (χ0) is 16.4. The van der Waals surface area contributed by atoms with E-state index < -0.39 is 6.10 Å². The molecule has 0 fully saturated rings. The number of hydrogen-bond acceptors (Lipinski definition) is 3. The van der Waals surface area contributed by atoms with Gasteiger partial charge >= 0.3 is 0 Å². The third-order valence-electron chi connectivity index (χ3n) is 3.43. The van der Waals surface area contributed by atoms with E-state index in [9.17, 15) is 14.3 Å². The van der Waals surface area contributed by atoms with Crippen molar-refractivity contribution in [2.45, 2.75) is 6.10 Å². The molecule has 0 radical (unpaired) electrons. The summed E-state index contributed by atoms with van der Waals surface area (Å²) >= 11 is 5.80. The minimum atomic E-state index is -0.917. The van der Waals surface area contributed by atoms with Crippen LogP contribution >= 0.6 is 11.6 Å². The molecule has 0 aliphatic heterocycles. The van der Waals surface area contributed by atoms with Gasteiger partial charge in [0.25, 0.3) is 5.91 Å². The number of carbonyl (C=O) groups excluding carboxylic acids is 1. The van der Waals surface area contributed by atoms with Gasteiger partial charge in [0, 0.05) is 11.9 Å². The molecule has 1 amide bonds. The summed E-state index contributed by atoms with van der Waals surface area (Å²) < 4.78 is 12.8. The van der Waals surface area contributed by atoms with Crippen LogP contribution < -0.4 is 5.32 Å². The van der Waals surface area contributed by atoms with Gasteiger partial charge in [-0.05, 0) is 29.8 Å². The molecule has 1 atom stereocenters. The van der Waals surface area contributed by atoms with Crippen LogP contribution in [0.25, 0.3) is 10.9 Å². The van der Waals surface area contributed by atoms with Gasteiger partial charge in [-0.3, -0.25) is 4.79 Å². The van der Waals surface area contributed by atoms with Crippen LogP contribution in [0.4, 0.5) is 4.39 Å². The Morgan fingerprint density at radius 3 is 2.83 bits per heavy atom. The molecule has 2 aromatic heterocycles. The Balaban J connectivity index is 1.67. The first-order valence-electron chi connectivity index (χ1n) is 6.89. The summed E-state index contributed by atoms with van der Waals surface area (Å²) in [5.74, 6) is -0.742. The number of pyridine rings is 1. The second kappa shape index (κ2) is 6.36. The van der Waals surface area contributed by atoms with Crippen molar-refractivity contribution >= 4 is 28.4 Å². The van der Waals surface area contributed by atoms with Gasteiger partial charge in [0.15, 0.2) is 0 Å². The number of benzene rings is 1. The fourth-order valence-electron chi connectivity index (χ4n) is 2.21. The molecule has 3 rings (SSSR count). The maximum absolute atomic E-state index is 12.8. The Hall–Kier alpha value is -2.44. The predicted octanol–water partition coefficient (Wildman–Crippen LogP) is 2.82. The molecule has 0 bridgehead atoms. The molecule has 0 saturated heterocycles. The minimum absolute atomic E-state index is 0.0127. The largest absolute Gasteiger partial charge is 0.387 e. The van der Waals surface area contributed by atoms with Crippen LogP contribution in [0.1, 0.15) is 22.2 Å². The van der Waals surface area contributed by atoms with Crippen molar-refractivity contribution in [3.63, 3.8) is 0 Å². The molecule has 1 unspecified atom stereocenters. The van der Waals surface area contributed by atoms with E-state index in [0.29, 0.717) is 21.9 Å². The van der Waals surface area contributed by atoms with E-state index in [-0.39, 0.29) is 18.3 Å². The van der Waals surface area contributed by atoms with Crippen LogP contribution in [-0.4, -0.2) is 27.5 Å². The third kappa shape index (κ3) is 3.49. The van der Waals surface area contributed by atoms with E-state index in [1.54, 1.807) is 18.3 Å². The number of aliphatic hydroxyl groups excluding tert-OH is 1. The zero-order valence-electron chi connectivity index (χ0n) is 11.9. The first-order chi connectivity index (χ1) is 11.0. The lowest BCUT2D eigenvalue weighted by Crippen LogP contribution is -2.28. The van der Waals surface area contributed by atoms with Gasteiger partial charge in [-0.15, -0.1) is 0 Å². The number of aliphatic hydroxyl groups is 1. The molecule has 0 aliphatic rings. The quantitative estimate of drug-likeness (QED) is 0.642. The first-order valence-corrected chi connectivity index (χ1v) is 7.27. The summed E-state index contributed by atoms with van der Waals surface area (Å²) in [6.45, 7) is 0.0127. The number of amides is 1. The van der Waals surface area contributed by atoms with E-state index >= 15 is 0 Å². The molecule has 2 heterocycles. The number of H-pyrrole nitrogens is 1. The molecule has 0 saturated carbocycles. The Labute approximate surface area is 136 Å². The molecule has 118 valence electrons. The lowest BCUT2D eigenvalue weighted by atomic mass is 10.1. The van der Waals surface area contributed by atoms with Crippen LogP contribution in [0.15, 0.2) is 42.6 Å². The van der Waals surface area contributed by atoms with Crippen molar-refractivity contribution in [1.82, 2.24) is 15.3 Å². The lowest BCUT2D eigenvalue weighted by Gasteiger charge is -2.11. The first kappa shape index (κ1) is 15.5. The van der Waals surface area contributed by atoms with Crippen molar-refractivity contribution in [2.75, 3.05) is 6.54 Å². The number of hydrogen-bond donors (Lipinski definition) is 3. The van der Waals surface area contributed by atoms with Crippen molar-refractivity contribution in [3.05, 3.63) is 64.8 Å². The van der Waals surface area contributed by atoms with Gasteiger partial charge in [0.2, 0.25) is 0 Å². The molecule has 3 aromatic rings. The number of aromatic amines is 1. The van der Waals surface area contributed by atoms with E-state index in [4.69, 9.17) is 11.6 Å². The number of carbonyl (C=O) groups is 1. The zero-order valence-corrected chi connectivity index (χ0v) is 12.6. The average molecular weight is 334 g/mol. The summed E-state index contributed by atoms with van der Waals surface area (Å²) in [5.41, 5.74) is 1.56. The van der Waals surface area contributed by atoms with Crippen LogP contribution in [0.3, 0.4) is 0 Å². The molecule has 23 heavy (non-hydrogen) atoms. The van der Waals surface area contributed by atoms with Gasteiger partial charge in [-0.2, -0.15) is 0 Å². The highest BCUT2D eigenvalue weighted by Crippen LogP contribution is 2.18. The van der Waals surface area contributed by atoms with Gasteiger partial charge < -0.3 is 15.4 Å². The maximum Gasteiger partial charge on any atom is 0.267 e. The van der Waals surface area contributed by atoms with Gasteiger partial charge in [0.1, 0.15) is 16.7 Å². The number of aromatic nitrogens is 2. The summed E-state index contributed by atoms with van der Waals surface area (Å²) in [6, 6.07) is 8.77. The number of fused-ring (bicyclic) bond motifs is 1. The highest BCUT2D eigenvalue weighted by atomic mass is 35.5. The summed E-state index contributed by atoms with van der Waals surface area (Å²) in [7, 11) is 0. The molecule has 1 aromatic carbocycles. The normalized spacial score (nSPS) is 12.3. The van der Waals surface area contributed by atoms with E-state index in [1.807, 2.05) is 0 Å². The molecule has 3 N–H and O–H groups in total. The maximum atomic E-state index is 12.8. The van der Waals surface area contributed by atoms with Gasteiger partial charge in [0.05, 0.1) is 17.8 Å². The smallest absolute Gasteiger partial charge is 0.267 e. The Kier molecular flexibility index (Phi) is 4.27. The van der Waals surface area contributed by atoms with Crippen LogP contribution in [-0.2, 0) is 0 Å². The SMILES string of the molecule is O=C(NCC(O)c1ccc(F)cc1)c1cc2cc(Cl)ncc2[nH]1. The monoisotopic (exact) mass is 333 g/mol. The predicted molar refractivity (Wildman–Crippen MR) is 84.8 cm³/mol. The van der Waals surface area contributed by atoms with Gasteiger partial charge in [-0.1, -0.05) is 23.7 Å². The van der Waals surface area contributed by atoms with E-state index in [2.05, 4.69) is 15.3 Å². The summed E-state index contributed by atoms with van der Waals surface area (Å²) in [5, 5.41) is 13.7. The Bertz CT molecular complexity index is 848. The second-order valence-electron chi connectivity index (χ2n) is 5.05. The number of nitrogens with one attached hydrogen (secondary N) is 2. The van der Waals surface area contributed by atoms with Crippen LogP contribution in [0, 0.1) is 5.82 Å². The molecular weight excluding hydrogens is 321 g/mol. The summed E-state index contributed by atoms with van der Waals surface area (Å²) in [6.07, 6.45) is 0.627. The highest BCUT2D eigenvalue weighted by Gasteiger charge is 2.13. The Morgan fingerprint density at radius 1 is 1.35 bits per heavy atom. The highest BCUT2D eigenvalue weighted by molar-refractivity contribution is 6.30. The van der Waals surface area contributed by atoms with Crippen molar-refractivity contribution in [3.8, 4) is 0 Å². The standard InChI is InChI=1S/C16H13ClFN3O2/c17-15-6-10-5-12(21-13(10)7-19-15)16(23)20-8-14(22)9-1-3-11(18)4-2-9/h1-7,14,21-22H,8H2,(H,20,23). The number of rotatable bonds is 4. The summed E-state index contributed by atoms with van der Waals surface area (Å²) in [4.78, 5) is 19.0. The van der Waals surface area contributed by atoms with Crippen molar-refractivity contribution in [2.24, 2.45) is 0 Å². The van der Waals surface area contributed by atoms with E-state index in [1.165, 1.54) is 24.3 Å². The molecular formula is C16H13ClFN3O2. The topological polar surface area (TPSA) is 78.0 Å². The molecule has 5 nitrogen and oxygen atoms in total. The second-order valence-corrected chi connectivity index (χ2v) is 5.44. The molecule has 0 aliphatic carbocycles. The van der Waals surface area contributed by atoms with E-state index in [0.717, 1.165) is 5.39 Å². The average Bonchev–Trinajstić information content (AvgIpc) is 2.96.